The van der Waals surface area contributed by atoms with Gasteiger partial charge in [0.2, 0.25) is 0 Å². The van der Waals surface area contributed by atoms with Crippen molar-refractivity contribution in [2.75, 3.05) is 25.1 Å². The van der Waals surface area contributed by atoms with Gasteiger partial charge in [-0.3, -0.25) is 4.90 Å². The Kier molecular flexibility index (Phi) is 4.66. The Morgan fingerprint density at radius 2 is 2.08 bits per heavy atom. The van der Waals surface area contributed by atoms with Crippen LogP contribution in [0.15, 0.2) is 42.6 Å². The zero-order chi connectivity index (χ0) is 18.1. The summed E-state index contributed by atoms with van der Waals surface area (Å²) in [5.74, 6) is 0.993. The van der Waals surface area contributed by atoms with Crippen LogP contribution in [0.4, 0.5) is 5.82 Å². The van der Waals surface area contributed by atoms with Gasteiger partial charge in [0.1, 0.15) is 5.82 Å². The lowest BCUT2D eigenvalue weighted by Crippen LogP contribution is -2.41. The number of fused-ring (bicyclic) bond motifs is 2. The minimum Gasteiger partial charge on any atom is -0.394 e. The number of aromatic nitrogens is 2. The first-order chi connectivity index (χ1) is 12.7. The largest absolute Gasteiger partial charge is 0.394 e. The molecule has 0 spiro atoms. The third-order valence-electron chi connectivity index (χ3n) is 5.43. The maximum Gasteiger partial charge on any atom is 0.133 e. The van der Waals surface area contributed by atoms with E-state index in [-0.39, 0.29) is 12.6 Å². The average molecular weight is 350 g/mol. The zero-order valence-corrected chi connectivity index (χ0v) is 15.4. The summed E-state index contributed by atoms with van der Waals surface area (Å²) in [4.78, 5) is 12.7. The van der Waals surface area contributed by atoms with Crippen LogP contribution in [0.2, 0.25) is 0 Å². The number of anilines is 1. The van der Waals surface area contributed by atoms with E-state index in [9.17, 15) is 5.11 Å². The van der Waals surface area contributed by atoms with Crippen LogP contribution in [0.1, 0.15) is 23.2 Å². The molecule has 4 rings (SSSR count). The summed E-state index contributed by atoms with van der Waals surface area (Å²) in [7, 11) is 2.04. The number of aliphatic hydroxyl groups excluding tert-OH is 1. The van der Waals surface area contributed by atoms with Crippen molar-refractivity contribution in [1.29, 1.82) is 0 Å². The summed E-state index contributed by atoms with van der Waals surface area (Å²) in [5.41, 5.74) is 4.73. The van der Waals surface area contributed by atoms with Gasteiger partial charge in [-0.15, -0.1) is 0 Å². The number of rotatable bonds is 3. The lowest BCUT2D eigenvalue weighted by molar-refractivity contribution is 0.206. The van der Waals surface area contributed by atoms with Gasteiger partial charge in [-0.1, -0.05) is 24.3 Å². The number of hydrogen-bond donors (Lipinski definition) is 2. The van der Waals surface area contributed by atoms with Crippen molar-refractivity contribution in [1.82, 2.24) is 14.9 Å². The molecular weight excluding hydrogens is 324 g/mol. The standard InChI is InChI=1S/C21H26N4O/c1-15-7-8-16-12-25(10-9-18(14-26)24(2)21(16)23-15)13-17-11-22-20-6-4-3-5-19(17)20/h3-8,11,18,22,26H,9-10,12-14H2,1-2H3/t18-/m0/s1. The van der Waals surface area contributed by atoms with Crippen LogP contribution in [-0.2, 0) is 13.1 Å². The van der Waals surface area contributed by atoms with Gasteiger partial charge >= 0.3 is 0 Å². The van der Waals surface area contributed by atoms with Gasteiger partial charge in [-0.05, 0) is 31.0 Å². The Morgan fingerprint density at radius 3 is 2.92 bits per heavy atom. The van der Waals surface area contributed by atoms with Gasteiger partial charge in [0, 0.05) is 55.0 Å². The fraction of sp³-hybridized carbons (Fsp3) is 0.381. The number of aryl methyl sites for hydroxylation is 1. The van der Waals surface area contributed by atoms with Crippen LogP contribution in [0.25, 0.3) is 10.9 Å². The van der Waals surface area contributed by atoms with Crippen LogP contribution in [0.3, 0.4) is 0 Å². The van der Waals surface area contributed by atoms with Gasteiger partial charge in [-0.2, -0.15) is 0 Å². The highest BCUT2D eigenvalue weighted by molar-refractivity contribution is 5.82. The topological polar surface area (TPSA) is 55.4 Å². The Labute approximate surface area is 154 Å². The molecule has 0 aliphatic carbocycles. The van der Waals surface area contributed by atoms with Crippen LogP contribution >= 0.6 is 0 Å². The van der Waals surface area contributed by atoms with Gasteiger partial charge in [-0.25, -0.2) is 4.98 Å². The summed E-state index contributed by atoms with van der Waals surface area (Å²) in [6.45, 7) is 4.86. The number of nitrogens with zero attached hydrogens (tertiary/aromatic N) is 3. The second-order valence-electron chi connectivity index (χ2n) is 7.24. The number of pyridine rings is 1. The van der Waals surface area contributed by atoms with E-state index < -0.39 is 0 Å². The van der Waals surface area contributed by atoms with Gasteiger partial charge < -0.3 is 15.0 Å². The maximum absolute atomic E-state index is 9.86. The molecule has 0 saturated carbocycles. The highest BCUT2D eigenvalue weighted by Gasteiger charge is 2.24. The molecule has 0 radical (unpaired) electrons. The minimum atomic E-state index is 0.0915. The van der Waals surface area contributed by atoms with Crippen molar-refractivity contribution in [2.45, 2.75) is 32.5 Å². The quantitative estimate of drug-likeness (QED) is 0.762. The molecular formula is C21H26N4O. The molecule has 136 valence electrons. The van der Waals surface area contributed by atoms with Crippen molar-refractivity contribution in [2.24, 2.45) is 0 Å². The number of aromatic amines is 1. The molecule has 3 aromatic rings. The molecule has 1 aliphatic rings. The highest BCUT2D eigenvalue weighted by atomic mass is 16.3. The summed E-state index contributed by atoms with van der Waals surface area (Å²) >= 11 is 0. The molecule has 0 unspecified atom stereocenters. The van der Waals surface area contributed by atoms with E-state index in [4.69, 9.17) is 4.98 Å². The molecule has 0 amide bonds. The van der Waals surface area contributed by atoms with Crippen LogP contribution in [0, 0.1) is 6.92 Å². The predicted molar refractivity (Wildman–Crippen MR) is 105 cm³/mol. The third kappa shape index (κ3) is 3.20. The number of hydrogen-bond acceptors (Lipinski definition) is 4. The number of likely N-dealkylation sites (N-methyl/N-ethyl adjacent to an activating group) is 1. The van der Waals surface area contributed by atoms with E-state index in [1.54, 1.807) is 0 Å². The molecule has 26 heavy (non-hydrogen) atoms. The Hall–Kier alpha value is -2.37. The predicted octanol–water partition coefficient (Wildman–Crippen LogP) is 3.07. The van der Waals surface area contributed by atoms with Crippen molar-refractivity contribution >= 4 is 16.7 Å². The number of para-hydroxylation sites is 1. The Bertz CT molecular complexity index is 904. The molecule has 5 nitrogen and oxygen atoms in total. The van der Waals surface area contributed by atoms with Gasteiger partial charge in [0.25, 0.3) is 0 Å². The number of H-pyrrole nitrogens is 1. The van der Waals surface area contributed by atoms with E-state index in [0.717, 1.165) is 37.6 Å². The monoisotopic (exact) mass is 350 g/mol. The van der Waals surface area contributed by atoms with Crippen molar-refractivity contribution in [3.63, 3.8) is 0 Å². The normalized spacial score (nSPS) is 18.6. The molecule has 3 heterocycles. The van der Waals surface area contributed by atoms with E-state index in [2.05, 4.69) is 57.4 Å². The fourth-order valence-electron chi connectivity index (χ4n) is 3.87. The summed E-state index contributed by atoms with van der Waals surface area (Å²) < 4.78 is 0. The Morgan fingerprint density at radius 1 is 1.23 bits per heavy atom. The van der Waals surface area contributed by atoms with Crippen LogP contribution in [-0.4, -0.2) is 46.2 Å². The number of benzene rings is 1. The molecule has 2 aromatic heterocycles. The first-order valence-corrected chi connectivity index (χ1v) is 9.23. The minimum absolute atomic E-state index is 0.0915. The summed E-state index contributed by atoms with van der Waals surface area (Å²) in [6, 6.07) is 12.8. The SMILES string of the molecule is Cc1ccc2c(n1)N(C)[C@H](CO)CCN(Cc1c[nH]c3ccccc13)C2. The highest BCUT2D eigenvalue weighted by Crippen LogP contribution is 2.27. The maximum atomic E-state index is 9.86. The van der Waals surface area contributed by atoms with Crippen molar-refractivity contribution < 1.29 is 5.11 Å². The lowest BCUT2D eigenvalue weighted by atomic mass is 10.1. The molecule has 0 saturated heterocycles. The van der Waals surface area contributed by atoms with Crippen LogP contribution in [0.5, 0.6) is 0 Å². The molecule has 1 aromatic carbocycles. The lowest BCUT2D eigenvalue weighted by Gasteiger charge is -2.35. The molecule has 0 bridgehead atoms. The second-order valence-corrected chi connectivity index (χ2v) is 7.24. The molecule has 0 fully saturated rings. The van der Waals surface area contributed by atoms with E-state index in [1.807, 2.05) is 14.0 Å². The zero-order valence-electron chi connectivity index (χ0n) is 15.4. The summed E-state index contributed by atoms with van der Waals surface area (Å²) in [6.07, 6.45) is 3.04. The van der Waals surface area contributed by atoms with Crippen molar-refractivity contribution in [3.8, 4) is 0 Å². The Balaban J connectivity index is 1.65. The molecule has 5 heteroatoms. The van der Waals surface area contributed by atoms with E-state index >= 15 is 0 Å². The summed E-state index contributed by atoms with van der Waals surface area (Å²) in [5, 5.41) is 11.1. The fourth-order valence-corrected chi connectivity index (χ4v) is 3.87. The first kappa shape index (κ1) is 17.1. The molecule has 1 atom stereocenters. The van der Waals surface area contributed by atoms with Gasteiger partial charge in [0.05, 0.1) is 12.6 Å². The van der Waals surface area contributed by atoms with E-state index in [0.29, 0.717) is 0 Å². The van der Waals surface area contributed by atoms with Crippen LogP contribution < -0.4 is 4.90 Å². The first-order valence-electron chi connectivity index (χ1n) is 9.23. The smallest absolute Gasteiger partial charge is 0.133 e. The average Bonchev–Trinajstić information content (AvgIpc) is 3.05. The second kappa shape index (κ2) is 7.09. The molecule has 2 N–H and O–H groups in total. The third-order valence-corrected chi connectivity index (χ3v) is 5.43. The molecule has 1 aliphatic heterocycles. The van der Waals surface area contributed by atoms with E-state index in [1.165, 1.54) is 22.0 Å². The van der Waals surface area contributed by atoms with Crippen molar-refractivity contribution in [3.05, 3.63) is 59.4 Å². The number of nitrogens with one attached hydrogen (secondary N) is 1. The number of aliphatic hydroxyl groups is 1. The van der Waals surface area contributed by atoms with Gasteiger partial charge in [0.15, 0.2) is 0 Å².